The number of rotatable bonds is 5. The lowest BCUT2D eigenvalue weighted by Crippen LogP contribution is -2.29. The number of nitrogens with one attached hydrogen (secondary N) is 1. The van der Waals surface area contributed by atoms with Gasteiger partial charge in [0.2, 0.25) is 0 Å². The van der Waals surface area contributed by atoms with Crippen molar-refractivity contribution in [1.82, 2.24) is 0 Å². The highest BCUT2D eigenvalue weighted by molar-refractivity contribution is 6.34. The fourth-order valence-electron chi connectivity index (χ4n) is 3.28. The lowest BCUT2D eigenvalue weighted by atomic mass is 10.1. The highest BCUT2D eigenvalue weighted by Crippen LogP contribution is 2.28. The summed E-state index contributed by atoms with van der Waals surface area (Å²) in [6.45, 7) is 1.42. The summed E-state index contributed by atoms with van der Waals surface area (Å²) in [6.07, 6.45) is 0. The van der Waals surface area contributed by atoms with Crippen LogP contribution >= 0.6 is 0 Å². The van der Waals surface area contributed by atoms with Crippen LogP contribution < -0.4 is 10.2 Å². The van der Waals surface area contributed by atoms with Crippen LogP contribution in [0.4, 0.5) is 11.4 Å². The topological polar surface area (TPSA) is 92.8 Å². The zero-order valence-electron chi connectivity index (χ0n) is 16.6. The molecule has 0 saturated carbocycles. The zero-order valence-corrected chi connectivity index (χ0v) is 16.6. The fourth-order valence-corrected chi connectivity index (χ4v) is 3.28. The largest absolute Gasteiger partial charge is 0.452 e. The maximum absolute atomic E-state index is 12.5. The molecular formula is C24H18N2O5. The first-order chi connectivity index (χ1) is 15.0. The van der Waals surface area contributed by atoms with Crippen molar-refractivity contribution >= 4 is 35.1 Å². The summed E-state index contributed by atoms with van der Waals surface area (Å²) in [7, 11) is 0. The molecule has 31 heavy (non-hydrogen) atoms. The molecule has 3 aromatic carbocycles. The van der Waals surface area contributed by atoms with Crippen LogP contribution in [0.5, 0.6) is 0 Å². The Morgan fingerprint density at radius 2 is 1.42 bits per heavy atom. The maximum atomic E-state index is 12.5. The number of hydrogen-bond donors (Lipinski definition) is 1. The number of benzene rings is 3. The predicted molar refractivity (Wildman–Crippen MR) is 114 cm³/mol. The van der Waals surface area contributed by atoms with Crippen LogP contribution in [0, 0.1) is 6.92 Å². The molecule has 7 heteroatoms. The van der Waals surface area contributed by atoms with Crippen molar-refractivity contribution in [2.45, 2.75) is 6.92 Å². The van der Waals surface area contributed by atoms with Gasteiger partial charge in [-0.25, -0.2) is 9.69 Å². The van der Waals surface area contributed by atoms with Crippen molar-refractivity contribution < 1.29 is 23.9 Å². The van der Waals surface area contributed by atoms with Crippen molar-refractivity contribution in [2.24, 2.45) is 0 Å². The van der Waals surface area contributed by atoms with Gasteiger partial charge in [0.1, 0.15) is 0 Å². The van der Waals surface area contributed by atoms with Crippen LogP contribution in [0.1, 0.15) is 36.6 Å². The van der Waals surface area contributed by atoms with Crippen molar-refractivity contribution in [3.8, 4) is 0 Å². The van der Waals surface area contributed by atoms with Crippen LogP contribution in [-0.2, 0) is 9.53 Å². The Hall–Kier alpha value is -4.26. The highest BCUT2D eigenvalue weighted by atomic mass is 16.5. The average Bonchev–Trinajstić information content (AvgIpc) is 3.04. The van der Waals surface area contributed by atoms with Crippen molar-refractivity contribution in [1.29, 1.82) is 0 Å². The summed E-state index contributed by atoms with van der Waals surface area (Å²) in [5.41, 5.74) is 2.77. The lowest BCUT2D eigenvalue weighted by Gasteiger charge is -2.14. The van der Waals surface area contributed by atoms with E-state index in [0.717, 1.165) is 10.5 Å². The number of esters is 1. The quantitative estimate of drug-likeness (QED) is 0.509. The normalized spacial score (nSPS) is 12.5. The fraction of sp³-hybridized carbons (Fsp3) is 0.0833. The third kappa shape index (κ3) is 3.93. The smallest absolute Gasteiger partial charge is 0.338 e. The predicted octanol–water partition coefficient (Wildman–Crippen LogP) is 3.59. The lowest BCUT2D eigenvalue weighted by molar-refractivity contribution is -0.119. The summed E-state index contributed by atoms with van der Waals surface area (Å²) in [4.78, 5) is 50.5. The molecule has 7 nitrogen and oxygen atoms in total. The third-order valence-electron chi connectivity index (χ3n) is 4.91. The summed E-state index contributed by atoms with van der Waals surface area (Å²) in [6, 6.07) is 19.7. The Morgan fingerprint density at radius 3 is 2.03 bits per heavy atom. The number of carbonyl (C=O) groups excluding carboxylic acids is 4. The van der Waals surface area contributed by atoms with Gasteiger partial charge in [-0.2, -0.15) is 0 Å². The molecular weight excluding hydrogens is 396 g/mol. The van der Waals surface area contributed by atoms with Crippen LogP contribution in [0.15, 0.2) is 72.8 Å². The van der Waals surface area contributed by atoms with Crippen molar-refractivity contribution in [3.63, 3.8) is 0 Å². The molecule has 0 saturated heterocycles. The highest BCUT2D eigenvalue weighted by Gasteiger charge is 2.36. The van der Waals surface area contributed by atoms with Gasteiger partial charge in [-0.1, -0.05) is 30.3 Å². The van der Waals surface area contributed by atoms with Crippen molar-refractivity contribution in [3.05, 3.63) is 95.1 Å². The number of imide groups is 1. The van der Waals surface area contributed by atoms with E-state index >= 15 is 0 Å². The molecule has 1 N–H and O–H groups in total. The molecule has 0 aliphatic carbocycles. The number of fused-ring (bicyclic) bond motifs is 1. The minimum atomic E-state index is -0.686. The van der Waals surface area contributed by atoms with Gasteiger partial charge >= 0.3 is 5.97 Å². The summed E-state index contributed by atoms with van der Waals surface area (Å²) in [5.74, 6) is -1.97. The second-order valence-corrected chi connectivity index (χ2v) is 6.98. The van der Waals surface area contributed by atoms with Crippen LogP contribution in [0.2, 0.25) is 0 Å². The Kier molecular flexibility index (Phi) is 5.32. The first-order valence-electron chi connectivity index (χ1n) is 9.56. The number of aryl methyl sites for hydroxylation is 1. The van der Waals surface area contributed by atoms with Gasteiger partial charge in [-0.3, -0.25) is 14.4 Å². The molecule has 3 amide bonds. The van der Waals surface area contributed by atoms with Crippen molar-refractivity contribution in [2.75, 3.05) is 16.8 Å². The van der Waals surface area contributed by atoms with Gasteiger partial charge in [0.15, 0.2) is 6.61 Å². The summed E-state index contributed by atoms with van der Waals surface area (Å²) < 4.78 is 5.06. The molecule has 154 valence electrons. The SMILES string of the molecule is Cc1ccccc1NC(=O)COC(=O)c1ccc(N2C(=O)c3ccccc3C2=O)cc1. The maximum Gasteiger partial charge on any atom is 0.338 e. The number of carbonyl (C=O) groups is 4. The monoisotopic (exact) mass is 414 g/mol. The van der Waals surface area contributed by atoms with E-state index < -0.39 is 30.3 Å². The summed E-state index contributed by atoms with van der Waals surface area (Å²) >= 11 is 0. The number of hydrogen-bond acceptors (Lipinski definition) is 5. The molecule has 0 bridgehead atoms. The van der Waals surface area contributed by atoms with E-state index in [9.17, 15) is 19.2 Å². The van der Waals surface area contributed by atoms with Gasteiger partial charge < -0.3 is 10.1 Å². The van der Waals surface area contributed by atoms with E-state index in [0.29, 0.717) is 22.5 Å². The Balaban J connectivity index is 1.39. The van der Waals surface area contributed by atoms with Gasteiger partial charge in [0.25, 0.3) is 17.7 Å². The second kappa shape index (κ2) is 8.23. The number of anilines is 2. The van der Waals surface area contributed by atoms with Crippen LogP contribution in [0.3, 0.4) is 0 Å². The van der Waals surface area contributed by atoms with Gasteiger partial charge in [0, 0.05) is 5.69 Å². The molecule has 0 unspecified atom stereocenters. The average molecular weight is 414 g/mol. The summed E-state index contributed by atoms with van der Waals surface area (Å²) in [5, 5.41) is 2.68. The van der Waals surface area contributed by atoms with E-state index in [1.165, 1.54) is 24.3 Å². The number of ether oxygens (including phenoxy) is 1. The molecule has 1 aliphatic rings. The van der Waals surface area contributed by atoms with Gasteiger partial charge in [-0.05, 0) is 55.0 Å². The molecule has 1 heterocycles. The second-order valence-electron chi connectivity index (χ2n) is 6.98. The van der Waals surface area contributed by atoms with E-state index in [1.807, 2.05) is 19.1 Å². The molecule has 1 aliphatic heterocycles. The molecule has 4 rings (SSSR count). The molecule has 0 atom stereocenters. The molecule has 0 spiro atoms. The third-order valence-corrected chi connectivity index (χ3v) is 4.91. The Morgan fingerprint density at radius 1 is 0.839 bits per heavy atom. The molecule has 0 aromatic heterocycles. The van der Waals surface area contributed by atoms with Gasteiger partial charge in [-0.15, -0.1) is 0 Å². The number of nitrogens with zero attached hydrogens (tertiary/aromatic N) is 1. The Labute approximate surface area is 178 Å². The Bertz CT molecular complexity index is 1170. The minimum absolute atomic E-state index is 0.198. The molecule has 0 radical (unpaired) electrons. The zero-order chi connectivity index (χ0) is 22.0. The number of para-hydroxylation sites is 1. The first kappa shape index (κ1) is 20.0. The molecule has 3 aromatic rings. The van der Waals surface area contributed by atoms with E-state index in [4.69, 9.17) is 4.74 Å². The standard InChI is InChI=1S/C24H18N2O5/c1-15-6-2-5-9-20(15)25-21(27)14-31-24(30)16-10-12-17(13-11-16)26-22(28)18-7-3-4-8-19(18)23(26)29/h2-13H,14H2,1H3,(H,25,27). The van der Waals surface area contributed by atoms with Crippen LogP contribution in [0.25, 0.3) is 0 Å². The van der Waals surface area contributed by atoms with Gasteiger partial charge in [0.05, 0.1) is 22.4 Å². The van der Waals surface area contributed by atoms with E-state index in [2.05, 4.69) is 5.32 Å². The minimum Gasteiger partial charge on any atom is -0.452 e. The number of amides is 3. The molecule has 0 fully saturated rings. The first-order valence-corrected chi connectivity index (χ1v) is 9.56. The van der Waals surface area contributed by atoms with E-state index in [1.54, 1.807) is 36.4 Å². The van der Waals surface area contributed by atoms with Crippen LogP contribution in [-0.4, -0.2) is 30.3 Å². The van der Waals surface area contributed by atoms with E-state index in [-0.39, 0.29) is 5.56 Å².